The Balaban J connectivity index is 1.75. The lowest BCUT2D eigenvalue weighted by atomic mass is 10.2. The van der Waals surface area contributed by atoms with Gasteiger partial charge in [0.05, 0.1) is 5.02 Å². The Morgan fingerprint density at radius 1 is 0.871 bits per heavy atom. The molecule has 7 nitrogen and oxygen atoms in total. The molecule has 0 aliphatic heterocycles. The van der Waals surface area contributed by atoms with Crippen LogP contribution in [0, 0.1) is 0 Å². The van der Waals surface area contributed by atoms with Crippen molar-refractivity contribution in [3.63, 3.8) is 0 Å². The Kier molecular flexibility index (Phi) is 7.06. The number of amides is 2. The van der Waals surface area contributed by atoms with Gasteiger partial charge < -0.3 is 10.6 Å². The number of hydrogen-bond donors (Lipinski definition) is 3. The molecule has 160 valence electrons. The van der Waals surface area contributed by atoms with Crippen LogP contribution in [0.2, 0.25) is 5.02 Å². The molecule has 31 heavy (non-hydrogen) atoms. The summed E-state index contributed by atoms with van der Waals surface area (Å²) in [6.07, 6.45) is 0. The monoisotopic (exact) mass is 457 g/mol. The van der Waals surface area contributed by atoms with Gasteiger partial charge in [0.25, 0.3) is 5.91 Å². The molecule has 0 aliphatic carbocycles. The van der Waals surface area contributed by atoms with E-state index in [1.54, 1.807) is 36.4 Å². The van der Waals surface area contributed by atoms with E-state index < -0.39 is 15.9 Å². The fourth-order valence-electron chi connectivity index (χ4n) is 2.75. The molecule has 0 saturated carbocycles. The van der Waals surface area contributed by atoms with Crippen LogP contribution in [0.15, 0.2) is 77.7 Å². The van der Waals surface area contributed by atoms with E-state index in [2.05, 4.69) is 15.4 Å². The molecule has 0 aliphatic rings. The predicted molar refractivity (Wildman–Crippen MR) is 121 cm³/mol. The molecule has 0 unspecified atom stereocenters. The van der Waals surface area contributed by atoms with Gasteiger partial charge in [-0.1, -0.05) is 41.9 Å². The molecule has 3 rings (SSSR count). The molecule has 3 aromatic rings. The van der Waals surface area contributed by atoms with Gasteiger partial charge in [0.2, 0.25) is 15.9 Å². The van der Waals surface area contributed by atoms with Gasteiger partial charge in [0.15, 0.2) is 0 Å². The second kappa shape index (κ2) is 9.74. The highest BCUT2D eigenvalue weighted by molar-refractivity contribution is 7.89. The van der Waals surface area contributed by atoms with E-state index in [9.17, 15) is 18.0 Å². The quantitative estimate of drug-likeness (QED) is 0.498. The minimum Gasteiger partial charge on any atom is -0.326 e. The molecule has 3 N–H and O–H groups in total. The molecule has 0 bridgehead atoms. The first-order valence-corrected chi connectivity index (χ1v) is 11.1. The van der Waals surface area contributed by atoms with Crippen molar-refractivity contribution >= 4 is 44.8 Å². The van der Waals surface area contributed by atoms with Crippen LogP contribution in [0.1, 0.15) is 22.8 Å². The van der Waals surface area contributed by atoms with E-state index in [0.717, 1.165) is 5.56 Å². The minimum absolute atomic E-state index is 0.0109. The lowest BCUT2D eigenvalue weighted by molar-refractivity contribution is -0.114. The Morgan fingerprint density at radius 2 is 1.48 bits per heavy atom. The Hall–Kier alpha value is -3.20. The summed E-state index contributed by atoms with van der Waals surface area (Å²) in [5.74, 6) is -0.698. The lowest BCUT2D eigenvalue weighted by Crippen LogP contribution is -2.24. The Bertz CT molecular complexity index is 1200. The van der Waals surface area contributed by atoms with Crippen molar-refractivity contribution in [1.82, 2.24) is 4.72 Å². The minimum atomic E-state index is -3.94. The van der Waals surface area contributed by atoms with Gasteiger partial charge in [-0.3, -0.25) is 9.59 Å². The largest absolute Gasteiger partial charge is 0.326 e. The smallest absolute Gasteiger partial charge is 0.255 e. The third-order valence-electron chi connectivity index (χ3n) is 4.26. The third-order valence-corrected chi connectivity index (χ3v) is 6.14. The first-order chi connectivity index (χ1) is 14.7. The summed E-state index contributed by atoms with van der Waals surface area (Å²) in [6, 6.07) is 19.6. The number of halogens is 1. The molecule has 0 radical (unpaired) electrons. The number of rotatable bonds is 7. The van der Waals surface area contributed by atoms with Crippen LogP contribution in [0.5, 0.6) is 0 Å². The average Bonchev–Trinajstić information content (AvgIpc) is 2.74. The van der Waals surface area contributed by atoms with Gasteiger partial charge in [0.1, 0.15) is 4.90 Å². The second-order valence-corrected chi connectivity index (χ2v) is 8.81. The second-order valence-electron chi connectivity index (χ2n) is 6.67. The van der Waals surface area contributed by atoms with E-state index in [-0.39, 0.29) is 27.9 Å². The normalized spacial score (nSPS) is 11.0. The highest BCUT2D eigenvalue weighted by Gasteiger charge is 2.20. The topological polar surface area (TPSA) is 104 Å². The average molecular weight is 458 g/mol. The molecule has 3 aromatic carbocycles. The molecule has 9 heteroatoms. The van der Waals surface area contributed by atoms with Gasteiger partial charge in [-0.25, -0.2) is 13.1 Å². The predicted octanol–water partition coefficient (Wildman–Crippen LogP) is 4.03. The Labute approximate surface area is 185 Å². The summed E-state index contributed by atoms with van der Waals surface area (Å²) in [7, 11) is -3.94. The van der Waals surface area contributed by atoms with Crippen molar-refractivity contribution in [3.8, 4) is 0 Å². The highest BCUT2D eigenvalue weighted by atomic mass is 35.5. The van der Waals surface area contributed by atoms with Crippen LogP contribution in [-0.2, 0) is 21.4 Å². The van der Waals surface area contributed by atoms with Gasteiger partial charge in [-0.2, -0.15) is 0 Å². The van der Waals surface area contributed by atoms with Gasteiger partial charge in [0, 0.05) is 30.4 Å². The van der Waals surface area contributed by atoms with Crippen molar-refractivity contribution in [2.45, 2.75) is 18.4 Å². The number of carbonyl (C=O) groups excluding carboxylic acids is 2. The van der Waals surface area contributed by atoms with E-state index in [1.165, 1.54) is 25.1 Å². The first-order valence-electron chi connectivity index (χ1n) is 9.27. The summed E-state index contributed by atoms with van der Waals surface area (Å²) < 4.78 is 27.9. The number of nitrogens with one attached hydrogen (secondary N) is 3. The van der Waals surface area contributed by atoms with E-state index >= 15 is 0 Å². The van der Waals surface area contributed by atoms with Crippen molar-refractivity contribution in [2.24, 2.45) is 0 Å². The SMILES string of the molecule is CC(=O)Nc1ccc(NC(=O)c2ccc(Cl)c(S(=O)(=O)NCc3ccccc3)c2)cc1. The number of hydrogen-bond acceptors (Lipinski definition) is 4. The summed E-state index contributed by atoms with van der Waals surface area (Å²) in [5.41, 5.74) is 2.00. The van der Waals surface area contributed by atoms with Gasteiger partial charge in [-0.05, 0) is 48.0 Å². The zero-order chi connectivity index (χ0) is 22.4. The van der Waals surface area contributed by atoms with Crippen LogP contribution >= 0.6 is 11.6 Å². The van der Waals surface area contributed by atoms with Gasteiger partial charge in [-0.15, -0.1) is 0 Å². The highest BCUT2D eigenvalue weighted by Crippen LogP contribution is 2.24. The first kappa shape index (κ1) is 22.5. The molecular formula is C22H20ClN3O4S. The molecule has 0 spiro atoms. The molecule has 0 aromatic heterocycles. The van der Waals surface area contributed by atoms with Crippen molar-refractivity contribution < 1.29 is 18.0 Å². The summed E-state index contributed by atoms with van der Waals surface area (Å²) in [6.45, 7) is 1.49. The molecule has 0 heterocycles. The van der Waals surface area contributed by atoms with E-state index in [0.29, 0.717) is 11.4 Å². The summed E-state index contributed by atoms with van der Waals surface area (Å²) in [5, 5.41) is 5.33. The maximum absolute atomic E-state index is 12.7. The van der Waals surface area contributed by atoms with Crippen LogP contribution in [0.25, 0.3) is 0 Å². The maximum atomic E-state index is 12.7. The van der Waals surface area contributed by atoms with Crippen LogP contribution in [0.3, 0.4) is 0 Å². The number of benzene rings is 3. The third kappa shape index (κ3) is 6.14. The fraction of sp³-hybridized carbons (Fsp3) is 0.0909. The zero-order valence-electron chi connectivity index (χ0n) is 16.6. The molecule has 0 fully saturated rings. The van der Waals surface area contributed by atoms with Crippen molar-refractivity contribution in [3.05, 3.63) is 88.9 Å². The number of sulfonamides is 1. The lowest BCUT2D eigenvalue weighted by Gasteiger charge is -2.11. The maximum Gasteiger partial charge on any atom is 0.255 e. The fourth-order valence-corrected chi connectivity index (χ4v) is 4.29. The van der Waals surface area contributed by atoms with Crippen LogP contribution < -0.4 is 15.4 Å². The van der Waals surface area contributed by atoms with E-state index in [1.807, 2.05) is 18.2 Å². The molecule has 0 atom stereocenters. The van der Waals surface area contributed by atoms with Crippen LogP contribution in [0.4, 0.5) is 11.4 Å². The molecular weight excluding hydrogens is 438 g/mol. The summed E-state index contributed by atoms with van der Waals surface area (Å²) in [4.78, 5) is 23.5. The van der Waals surface area contributed by atoms with Crippen molar-refractivity contribution in [1.29, 1.82) is 0 Å². The Morgan fingerprint density at radius 3 is 2.10 bits per heavy atom. The standard InChI is InChI=1S/C22H20ClN3O4S/c1-15(27)25-18-8-10-19(11-9-18)26-22(28)17-7-12-20(23)21(13-17)31(29,30)24-14-16-5-3-2-4-6-16/h2-13,24H,14H2,1H3,(H,25,27)(H,26,28). The molecule has 0 saturated heterocycles. The zero-order valence-corrected chi connectivity index (χ0v) is 18.1. The van der Waals surface area contributed by atoms with Crippen LogP contribution in [-0.4, -0.2) is 20.2 Å². The number of carbonyl (C=O) groups is 2. The molecule has 2 amide bonds. The van der Waals surface area contributed by atoms with Crippen molar-refractivity contribution in [2.75, 3.05) is 10.6 Å². The summed E-state index contributed by atoms with van der Waals surface area (Å²) >= 11 is 6.10. The van der Waals surface area contributed by atoms with Gasteiger partial charge >= 0.3 is 0 Å². The number of anilines is 2. The van der Waals surface area contributed by atoms with E-state index in [4.69, 9.17) is 11.6 Å².